The summed E-state index contributed by atoms with van der Waals surface area (Å²) < 4.78 is 5.98. The molecule has 10 rings (SSSR count). The van der Waals surface area contributed by atoms with Crippen molar-refractivity contribution in [2.24, 2.45) is 0 Å². The van der Waals surface area contributed by atoms with Crippen molar-refractivity contribution in [3.8, 4) is 56.2 Å². The number of para-hydroxylation sites is 2. The molecule has 0 aliphatic heterocycles. The maximum Gasteiger partial charge on any atom is 0.227 e. The molecule has 0 saturated carbocycles. The van der Waals surface area contributed by atoms with Gasteiger partial charge in [0.25, 0.3) is 0 Å². The molecule has 208 valence electrons. The molecule has 4 heteroatoms. The third kappa shape index (κ3) is 3.63. The first-order valence-corrected chi connectivity index (χ1v) is 15.1. The highest BCUT2D eigenvalue weighted by Gasteiger charge is 2.22. The van der Waals surface area contributed by atoms with Gasteiger partial charge >= 0.3 is 0 Å². The molecule has 0 fully saturated rings. The Balaban J connectivity index is 1.09. The van der Waals surface area contributed by atoms with E-state index in [1.54, 1.807) is 0 Å². The first kappa shape index (κ1) is 24.3. The summed E-state index contributed by atoms with van der Waals surface area (Å²) in [6, 6.07) is 48.6. The SMILES string of the molecule is c1ccc2c(c1)-c1cccc3c(-c4ccc5ccc6ccc(-c7ccc(-c8nc9ccccc9o8)cc7)nc6c5n4)ccc-2c13. The molecule has 0 saturated heterocycles. The molecule has 3 heterocycles. The number of pyridine rings is 2. The molecule has 4 nitrogen and oxygen atoms in total. The predicted molar refractivity (Wildman–Crippen MR) is 183 cm³/mol. The van der Waals surface area contributed by atoms with Gasteiger partial charge in [0.2, 0.25) is 5.89 Å². The van der Waals surface area contributed by atoms with E-state index in [9.17, 15) is 0 Å². The lowest BCUT2D eigenvalue weighted by molar-refractivity contribution is 0.620. The van der Waals surface area contributed by atoms with E-state index in [1.807, 2.05) is 36.4 Å². The van der Waals surface area contributed by atoms with Gasteiger partial charge in [-0.05, 0) is 69.4 Å². The number of benzene rings is 6. The summed E-state index contributed by atoms with van der Waals surface area (Å²) in [7, 11) is 0. The maximum absolute atomic E-state index is 5.98. The lowest BCUT2D eigenvalue weighted by atomic mass is 9.96. The molecule has 6 aromatic carbocycles. The minimum atomic E-state index is 0.615. The van der Waals surface area contributed by atoms with Gasteiger partial charge in [-0.3, -0.25) is 0 Å². The van der Waals surface area contributed by atoms with E-state index in [4.69, 9.17) is 14.4 Å². The van der Waals surface area contributed by atoms with Gasteiger partial charge in [0, 0.05) is 27.5 Å². The summed E-state index contributed by atoms with van der Waals surface area (Å²) in [5, 5.41) is 4.66. The van der Waals surface area contributed by atoms with Crippen LogP contribution in [0.2, 0.25) is 0 Å². The second-order valence-corrected chi connectivity index (χ2v) is 11.6. The molecular weight excluding hydrogens is 550 g/mol. The van der Waals surface area contributed by atoms with Gasteiger partial charge < -0.3 is 4.42 Å². The third-order valence-electron chi connectivity index (χ3n) is 9.07. The molecule has 0 bridgehead atoms. The Kier molecular flexibility index (Phi) is 4.96. The second kappa shape index (κ2) is 9.18. The van der Waals surface area contributed by atoms with Crippen molar-refractivity contribution in [2.75, 3.05) is 0 Å². The van der Waals surface area contributed by atoms with Gasteiger partial charge in [0.1, 0.15) is 5.52 Å². The van der Waals surface area contributed by atoms with Crippen molar-refractivity contribution >= 4 is 43.7 Å². The van der Waals surface area contributed by atoms with Gasteiger partial charge in [-0.1, -0.05) is 103 Å². The highest BCUT2D eigenvalue weighted by molar-refractivity contribution is 6.18. The lowest BCUT2D eigenvalue weighted by Crippen LogP contribution is -1.92. The Morgan fingerprint density at radius 2 is 1.00 bits per heavy atom. The number of rotatable bonds is 3. The molecule has 0 N–H and O–H groups in total. The van der Waals surface area contributed by atoms with Crippen molar-refractivity contribution in [1.29, 1.82) is 0 Å². The lowest BCUT2D eigenvalue weighted by Gasteiger charge is -2.11. The summed E-state index contributed by atoms with van der Waals surface area (Å²) in [4.78, 5) is 15.1. The number of oxazole rings is 1. The molecule has 0 spiro atoms. The first-order chi connectivity index (χ1) is 22.3. The van der Waals surface area contributed by atoms with Crippen LogP contribution in [-0.4, -0.2) is 15.0 Å². The van der Waals surface area contributed by atoms with Gasteiger partial charge in [-0.25, -0.2) is 15.0 Å². The summed E-state index contributed by atoms with van der Waals surface area (Å²) >= 11 is 0. The maximum atomic E-state index is 5.98. The van der Waals surface area contributed by atoms with E-state index in [0.717, 1.165) is 61.0 Å². The Morgan fingerprint density at radius 3 is 1.78 bits per heavy atom. The number of aromatic nitrogens is 3. The molecule has 1 aliphatic rings. The van der Waals surface area contributed by atoms with Gasteiger partial charge in [0.05, 0.1) is 22.4 Å². The molecule has 0 amide bonds. The van der Waals surface area contributed by atoms with Crippen molar-refractivity contribution in [3.05, 3.63) is 140 Å². The van der Waals surface area contributed by atoms with Crippen molar-refractivity contribution in [2.45, 2.75) is 0 Å². The summed E-state index contributed by atoms with van der Waals surface area (Å²) in [6.07, 6.45) is 0. The fraction of sp³-hybridized carbons (Fsp3) is 0. The van der Waals surface area contributed by atoms with Crippen LogP contribution in [0.4, 0.5) is 0 Å². The van der Waals surface area contributed by atoms with Crippen LogP contribution in [0, 0.1) is 0 Å². The zero-order chi connectivity index (χ0) is 29.5. The zero-order valence-electron chi connectivity index (χ0n) is 24.0. The van der Waals surface area contributed by atoms with Crippen LogP contribution in [0.15, 0.2) is 144 Å². The van der Waals surface area contributed by atoms with Gasteiger partial charge in [0.15, 0.2) is 5.58 Å². The second-order valence-electron chi connectivity index (χ2n) is 11.6. The molecule has 0 radical (unpaired) electrons. The fourth-order valence-corrected chi connectivity index (χ4v) is 6.89. The Hall–Kier alpha value is -6.13. The van der Waals surface area contributed by atoms with E-state index in [1.165, 1.54) is 33.0 Å². The summed E-state index contributed by atoms with van der Waals surface area (Å²) in [5.74, 6) is 0.615. The van der Waals surface area contributed by atoms with Crippen molar-refractivity contribution < 1.29 is 4.42 Å². The Morgan fingerprint density at radius 1 is 0.400 bits per heavy atom. The van der Waals surface area contributed by atoms with Crippen LogP contribution < -0.4 is 0 Å². The number of fused-ring (bicyclic) bond motifs is 7. The summed E-state index contributed by atoms with van der Waals surface area (Å²) in [6.45, 7) is 0. The monoisotopic (exact) mass is 573 g/mol. The van der Waals surface area contributed by atoms with Crippen LogP contribution >= 0.6 is 0 Å². The van der Waals surface area contributed by atoms with E-state index in [-0.39, 0.29) is 0 Å². The van der Waals surface area contributed by atoms with Crippen LogP contribution in [0.1, 0.15) is 0 Å². The highest BCUT2D eigenvalue weighted by Crippen LogP contribution is 2.49. The molecule has 1 aliphatic carbocycles. The van der Waals surface area contributed by atoms with E-state index in [2.05, 4.69) is 108 Å². The molecule has 3 aromatic heterocycles. The largest absolute Gasteiger partial charge is 0.436 e. The van der Waals surface area contributed by atoms with Gasteiger partial charge in [-0.2, -0.15) is 0 Å². The van der Waals surface area contributed by atoms with Crippen molar-refractivity contribution in [3.63, 3.8) is 0 Å². The quantitative estimate of drug-likeness (QED) is 0.197. The normalized spacial score (nSPS) is 12.0. The molecule has 9 aromatic rings. The Labute approximate surface area is 258 Å². The van der Waals surface area contributed by atoms with Crippen LogP contribution in [0.5, 0.6) is 0 Å². The van der Waals surface area contributed by atoms with Gasteiger partial charge in [-0.15, -0.1) is 0 Å². The standard InChI is InChI=1S/C41H23N3O/c1-2-7-29-28(6-1)31-8-5-9-32-30(20-21-33(29)38(31)32)35-23-19-26-15-14-25-18-22-34(42-39(25)40(26)43-35)24-12-16-27(17-13-24)41-44-36-10-3-4-11-37(36)45-41/h1-23H. The molecule has 0 unspecified atom stereocenters. The first-order valence-electron chi connectivity index (χ1n) is 15.1. The number of hydrogen-bond donors (Lipinski definition) is 0. The number of hydrogen-bond acceptors (Lipinski definition) is 4. The fourth-order valence-electron chi connectivity index (χ4n) is 6.89. The third-order valence-corrected chi connectivity index (χ3v) is 9.07. The average Bonchev–Trinajstić information content (AvgIpc) is 3.69. The Bertz CT molecular complexity index is 2590. The predicted octanol–water partition coefficient (Wildman–Crippen LogP) is 10.7. The van der Waals surface area contributed by atoms with Crippen LogP contribution in [0.25, 0.3) is 99.9 Å². The number of nitrogens with zero attached hydrogens (tertiary/aromatic N) is 3. The topological polar surface area (TPSA) is 51.8 Å². The van der Waals surface area contributed by atoms with E-state index < -0.39 is 0 Å². The van der Waals surface area contributed by atoms with Crippen LogP contribution in [0.3, 0.4) is 0 Å². The van der Waals surface area contributed by atoms with Crippen molar-refractivity contribution in [1.82, 2.24) is 15.0 Å². The van der Waals surface area contributed by atoms with E-state index in [0.29, 0.717) is 5.89 Å². The average molecular weight is 574 g/mol. The molecule has 0 atom stereocenters. The summed E-state index contributed by atoms with van der Waals surface area (Å²) in [5.41, 5.74) is 13.6. The minimum absolute atomic E-state index is 0.615. The highest BCUT2D eigenvalue weighted by atomic mass is 16.3. The van der Waals surface area contributed by atoms with E-state index >= 15 is 0 Å². The van der Waals surface area contributed by atoms with Crippen LogP contribution in [-0.2, 0) is 0 Å². The smallest absolute Gasteiger partial charge is 0.227 e. The zero-order valence-corrected chi connectivity index (χ0v) is 24.0. The molecular formula is C41H23N3O. The minimum Gasteiger partial charge on any atom is -0.436 e. The molecule has 45 heavy (non-hydrogen) atoms.